The van der Waals surface area contributed by atoms with Crippen molar-refractivity contribution in [3.05, 3.63) is 56.7 Å². The van der Waals surface area contributed by atoms with Crippen molar-refractivity contribution in [2.24, 2.45) is 0 Å². The van der Waals surface area contributed by atoms with E-state index in [1.807, 2.05) is 12.1 Å². The lowest BCUT2D eigenvalue weighted by molar-refractivity contribution is 0.144. The summed E-state index contributed by atoms with van der Waals surface area (Å²) in [5.41, 5.74) is 2.72. The number of hydrogen-bond donors (Lipinski definition) is 1. The van der Waals surface area contributed by atoms with Crippen LogP contribution in [0.1, 0.15) is 28.3 Å². The number of thiophene rings is 1. The molecular formula is C15H15ClOS. The molecule has 0 fully saturated rings. The van der Waals surface area contributed by atoms with Crippen molar-refractivity contribution in [3.8, 4) is 0 Å². The van der Waals surface area contributed by atoms with Crippen LogP contribution in [0.25, 0.3) is 0 Å². The molecule has 1 nitrogen and oxygen atoms in total. The van der Waals surface area contributed by atoms with Gasteiger partial charge in [0.05, 0.1) is 10.4 Å². The predicted octanol–water partition coefficient (Wildman–Crippen LogP) is 4.03. The number of benzene rings is 1. The lowest BCUT2D eigenvalue weighted by atomic mass is 9.93. The molecule has 1 aliphatic rings. The highest BCUT2D eigenvalue weighted by molar-refractivity contribution is 7.16. The molecule has 2 atom stereocenters. The number of halogens is 1. The highest BCUT2D eigenvalue weighted by atomic mass is 35.5. The Kier molecular flexibility index (Phi) is 3.42. The number of aliphatic hydroxyl groups excluding tert-OH is 1. The zero-order valence-electron chi connectivity index (χ0n) is 9.97. The van der Waals surface area contributed by atoms with Crippen LogP contribution in [-0.4, -0.2) is 11.2 Å². The maximum absolute atomic E-state index is 10.4. The summed E-state index contributed by atoms with van der Waals surface area (Å²) in [5, 5.41) is 10.4. The number of aliphatic hydroxyl groups is 1. The minimum absolute atomic E-state index is 0.280. The van der Waals surface area contributed by atoms with E-state index in [2.05, 4.69) is 24.3 Å². The second-order valence-corrected chi connectivity index (χ2v) is 6.62. The molecule has 1 heterocycles. The van der Waals surface area contributed by atoms with Gasteiger partial charge in [-0.3, -0.25) is 0 Å². The van der Waals surface area contributed by atoms with E-state index in [9.17, 15) is 5.11 Å². The largest absolute Gasteiger partial charge is 0.392 e. The molecule has 94 valence electrons. The predicted molar refractivity (Wildman–Crippen MR) is 76.5 cm³/mol. The maximum Gasteiger partial charge on any atom is 0.0931 e. The van der Waals surface area contributed by atoms with Gasteiger partial charge in [0.15, 0.2) is 0 Å². The first kappa shape index (κ1) is 12.2. The molecule has 3 rings (SSSR count). The molecule has 0 saturated heterocycles. The molecule has 1 aliphatic carbocycles. The van der Waals surface area contributed by atoms with E-state index in [0.29, 0.717) is 6.42 Å². The zero-order chi connectivity index (χ0) is 12.5. The fraction of sp³-hybridized carbons (Fsp3) is 0.333. The van der Waals surface area contributed by atoms with E-state index in [1.54, 1.807) is 11.3 Å². The molecule has 0 radical (unpaired) electrons. The van der Waals surface area contributed by atoms with E-state index in [4.69, 9.17) is 11.6 Å². The van der Waals surface area contributed by atoms with Crippen LogP contribution in [-0.2, 0) is 12.8 Å². The van der Waals surface area contributed by atoms with E-state index in [1.165, 1.54) is 11.1 Å². The molecule has 3 heteroatoms. The van der Waals surface area contributed by atoms with E-state index in [-0.39, 0.29) is 12.0 Å². The highest BCUT2D eigenvalue weighted by Crippen LogP contribution is 2.37. The van der Waals surface area contributed by atoms with Crippen LogP contribution in [0.3, 0.4) is 0 Å². The molecule has 0 bridgehead atoms. The summed E-state index contributed by atoms with van der Waals surface area (Å²) in [6.45, 7) is 0. The van der Waals surface area contributed by atoms with Gasteiger partial charge in [-0.15, -0.1) is 11.3 Å². The number of fused-ring (bicyclic) bond motifs is 1. The van der Waals surface area contributed by atoms with Gasteiger partial charge in [-0.1, -0.05) is 35.9 Å². The summed E-state index contributed by atoms with van der Waals surface area (Å²) in [7, 11) is 0. The van der Waals surface area contributed by atoms with E-state index in [0.717, 1.165) is 22.1 Å². The summed E-state index contributed by atoms with van der Waals surface area (Å²) in [6, 6.07) is 12.4. The van der Waals surface area contributed by atoms with Gasteiger partial charge in [0, 0.05) is 17.2 Å². The summed E-state index contributed by atoms with van der Waals surface area (Å²) in [6.07, 6.45) is 2.54. The number of rotatable bonds is 3. The smallest absolute Gasteiger partial charge is 0.0931 e. The van der Waals surface area contributed by atoms with Crippen LogP contribution in [0.2, 0.25) is 4.34 Å². The van der Waals surface area contributed by atoms with Crippen LogP contribution < -0.4 is 0 Å². The summed E-state index contributed by atoms with van der Waals surface area (Å²) in [4.78, 5) is 1.16. The lowest BCUT2D eigenvalue weighted by Gasteiger charge is -2.18. The first-order valence-electron chi connectivity index (χ1n) is 6.24. The van der Waals surface area contributed by atoms with Crippen molar-refractivity contribution in [2.75, 3.05) is 0 Å². The Balaban J connectivity index is 1.76. The highest BCUT2D eigenvalue weighted by Gasteiger charge is 2.28. The summed E-state index contributed by atoms with van der Waals surface area (Å²) >= 11 is 7.48. The third kappa shape index (κ3) is 2.33. The molecule has 1 N–H and O–H groups in total. The second kappa shape index (κ2) is 5.04. The normalized spacial score (nSPS) is 19.8. The fourth-order valence-corrected chi connectivity index (χ4v) is 3.94. The SMILES string of the molecule is OC(Cc1ccc(Cl)s1)C1CCc2ccccc21. The number of aryl methyl sites for hydroxylation is 1. The zero-order valence-corrected chi connectivity index (χ0v) is 11.5. The Morgan fingerprint density at radius 3 is 2.89 bits per heavy atom. The van der Waals surface area contributed by atoms with Crippen molar-refractivity contribution >= 4 is 22.9 Å². The van der Waals surface area contributed by atoms with Crippen LogP contribution in [0.4, 0.5) is 0 Å². The van der Waals surface area contributed by atoms with E-state index < -0.39 is 0 Å². The summed E-state index contributed by atoms with van der Waals surface area (Å²) in [5.74, 6) is 0.280. The van der Waals surface area contributed by atoms with Gasteiger partial charge in [0.25, 0.3) is 0 Å². The monoisotopic (exact) mass is 278 g/mol. The third-order valence-electron chi connectivity index (χ3n) is 3.68. The fourth-order valence-electron chi connectivity index (χ4n) is 2.80. The van der Waals surface area contributed by atoms with Gasteiger partial charge < -0.3 is 5.11 Å². The molecular weight excluding hydrogens is 264 g/mol. The van der Waals surface area contributed by atoms with Crippen molar-refractivity contribution in [3.63, 3.8) is 0 Å². The average Bonchev–Trinajstić information content (AvgIpc) is 2.95. The number of hydrogen-bond acceptors (Lipinski definition) is 2. The van der Waals surface area contributed by atoms with Gasteiger partial charge in [0.2, 0.25) is 0 Å². The van der Waals surface area contributed by atoms with Crippen LogP contribution in [0.15, 0.2) is 36.4 Å². The van der Waals surface area contributed by atoms with Gasteiger partial charge >= 0.3 is 0 Å². The molecule has 0 amide bonds. The van der Waals surface area contributed by atoms with E-state index >= 15 is 0 Å². The molecule has 0 saturated carbocycles. The Hall–Kier alpha value is -0.830. The van der Waals surface area contributed by atoms with Crippen molar-refractivity contribution < 1.29 is 5.11 Å². The quantitative estimate of drug-likeness (QED) is 0.899. The molecule has 0 spiro atoms. The van der Waals surface area contributed by atoms with Crippen molar-refractivity contribution in [1.29, 1.82) is 0 Å². The molecule has 1 aromatic heterocycles. The molecule has 0 aliphatic heterocycles. The Labute approximate surface area is 116 Å². The second-order valence-electron chi connectivity index (χ2n) is 4.82. The standard InChI is InChI=1S/C15H15ClOS/c16-15-8-6-11(18-15)9-14(17)13-7-5-10-3-1-2-4-12(10)13/h1-4,6,8,13-14,17H,5,7,9H2. The molecule has 2 aromatic rings. The average molecular weight is 279 g/mol. The van der Waals surface area contributed by atoms with Gasteiger partial charge in [-0.2, -0.15) is 0 Å². The van der Waals surface area contributed by atoms with Crippen LogP contribution >= 0.6 is 22.9 Å². The Morgan fingerprint density at radius 1 is 1.28 bits per heavy atom. The van der Waals surface area contributed by atoms with Crippen molar-refractivity contribution in [2.45, 2.75) is 31.3 Å². The molecule has 1 aromatic carbocycles. The first-order valence-corrected chi connectivity index (χ1v) is 7.43. The minimum Gasteiger partial charge on any atom is -0.392 e. The topological polar surface area (TPSA) is 20.2 Å². The third-order valence-corrected chi connectivity index (χ3v) is 4.94. The van der Waals surface area contributed by atoms with Gasteiger partial charge in [-0.25, -0.2) is 0 Å². The van der Waals surface area contributed by atoms with Crippen LogP contribution in [0, 0.1) is 0 Å². The Bertz CT molecular complexity index is 549. The first-order chi connectivity index (χ1) is 8.74. The molecule has 18 heavy (non-hydrogen) atoms. The Morgan fingerprint density at radius 2 is 2.11 bits per heavy atom. The van der Waals surface area contributed by atoms with Gasteiger partial charge in [-0.05, 0) is 36.1 Å². The van der Waals surface area contributed by atoms with Crippen molar-refractivity contribution in [1.82, 2.24) is 0 Å². The summed E-state index contributed by atoms with van der Waals surface area (Å²) < 4.78 is 0.795. The minimum atomic E-state index is -0.302. The molecule has 2 unspecified atom stereocenters. The van der Waals surface area contributed by atoms with Gasteiger partial charge in [0.1, 0.15) is 0 Å². The van der Waals surface area contributed by atoms with Crippen LogP contribution in [0.5, 0.6) is 0 Å². The maximum atomic E-state index is 10.4. The lowest BCUT2D eigenvalue weighted by Crippen LogP contribution is -2.18.